The van der Waals surface area contributed by atoms with E-state index >= 15 is 0 Å². The molecule has 3 atom stereocenters. The van der Waals surface area contributed by atoms with Crippen LogP contribution in [0.25, 0.3) is 10.8 Å². The van der Waals surface area contributed by atoms with Crippen molar-refractivity contribution >= 4 is 34.4 Å². The van der Waals surface area contributed by atoms with Crippen molar-refractivity contribution < 1.29 is 19.1 Å². The fourth-order valence-corrected chi connectivity index (χ4v) is 4.24. The number of carbonyl (C=O) groups is 3. The number of rotatable bonds is 8. The number of nitrogens with zero attached hydrogens (tertiary/aromatic N) is 1. The summed E-state index contributed by atoms with van der Waals surface area (Å²) in [6, 6.07) is 18.3. The van der Waals surface area contributed by atoms with E-state index in [4.69, 9.17) is 11.2 Å². The first-order chi connectivity index (χ1) is 18.4. The summed E-state index contributed by atoms with van der Waals surface area (Å²) in [5, 5.41) is 7.65. The van der Waals surface area contributed by atoms with Crippen molar-refractivity contribution in [1.29, 1.82) is 0 Å². The summed E-state index contributed by atoms with van der Waals surface area (Å²) >= 11 is 0. The standard InChI is InChI=1S/C32H37N3O4/c1-8-21(3)35(30(37)22(4)33-31(38)39-32(5,6)7)28(25-16-14-23(9-2)15-17-25)29(36)34-27-19-18-24-12-10-11-13-26(24)20-27/h2,10-22,28H,8H2,1,3-7H3,(H,33,38)(H,34,36). The molecular formula is C32H37N3O4. The Bertz CT molecular complexity index is 1370. The molecule has 204 valence electrons. The first-order valence-corrected chi connectivity index (χ1v) is 13.1. The highest BCUT2D eigenvalue weighted by atomic mass is 16.6. The van der Waals surface area contributed by atoms with Crippen LogP contribution in [0.5, 0.6) is 0 Å². The molecule has 7 nitrogen and oxygen atoms in total. The van der Waals surface area contributed by atoms with E-state index in [-0.39, 0.29) is 11.9 Å². The minimum atomic E-state index is -0.978. The monoisotopic (exact) mass is 527 g/mol. The SMILES string of the molecule is C#Cc1ccc(C(C(=O)Nc2ccc3ccccc3c2)N(C(=O)C(C)NC(=O)OC(C)(C)C)C(C)CC)cc1. The Kier molecular flexibility index (Phi) is 9.37. The van der Waals surface area contributed by atoms with Crippen molar-refractivity contribution in [2.24, 2.45) is 0 Å². The molecule has 0 aliphatic heterocycles. The van der Waals surface area contributed by atoms with Crippen LogP contribution >= 0.6 is 0 Å². The summed E-state index contributed by atoms with van der Waals surface area (Å²) in [4.78, 5) is 41.8. The first kappa shape index (κ1) is 29.2. The van der Waals surface area contributed by atoms with E-state index in [1.165, 1.54) is 4.90 Å². The topological polar surface area (TPSA) is 87.7 Å². The summed E-state index contributed by atoms with van der Waals surface area (Å²) in [7, 11) is 0. The normalized spacial score (nSPS) is 13.5. The summed E-state index contributed by atoms with van der Waals surface area (Å²) < 4.78 is 5.34. The van der Waals surface area contributed by atoms with Gasteiger partial charge in [-0.05, 0) is 81.6 Å². The predicted molar refractivity (Wildman–Crippen MR) is 155 cm³/mol. The third kappa shape index (κ3) is 7.61. The van der Waals surface area contributed by atoms with E-state index in [1.54, 1.807) is 52.0 Å². The summed E-state index contributed by atoms with van der Waals surface area (Å²) in [5.74, 6) is 1.80. The van der Waals surface area contributed by atoms with Gasteiger partial charge in [-0.1, -0.05) is 55.3 Å². The van der Waals surface area contributed by atoms with Crippen LogP contribution < -0.4 is 10.6 Å². The summed E-state index contributed by atoms with van der Waals surface area (Å²) in [5.41, 5.74) is 1.16. The minimum Gasteiger partial charge on any atom is -0.444 e. The zero-order valence-corrected chi connectivity index (χ0v) is 23.4. The van der Waals surface area contributed by atoms with Crippen LogP contribution in [0.1, 0.15) is 65.1 Å². The van der Waals surface area contributed by atoms with E-state index in [9.17, 15) is 14.4 Å². The van der Waals surface area contributed by atoms with Gasteiger partial charge >= 0.3 is 6.09 Å². The number of benzene rings is 3. The molecule has 0 spiro atoms. The highest BCUT2D eigenvalue weighted by Crippen LogP contribution is 2.28. The first-order valence-electron chi connectivity index (χ1n) is 13.1. The number of anilines is 1. The van der Waals surface area contributed by atoms with Crippen LogP contribution in [-0.2, 0) is 14.3 Å². The number of nitrogens with one attached hydrogen (secondary N) is 2. The summed E-state index contributed by atoms with van der Waals surface area (Å²) in [6.45, 7) is 10.6. The van der Waals surface area contributed by atoms with E-state index < -0.39 is 29.7 Å². The van der Waals surface area contributed by atoms with Gasteiger partial charge in [0.2, 0.25) is 5.91 Å². The van der Waals surface area contributed by atoms with Gasteiger partial charge in [0.1, 0.15) is 17.7 Å². The molecule has 0 radical (unpaired) electrons. The number of amides is 3. The molecule has 0 aliphatic rings. The number of ether oxygens (including phenoxy) is 1. The molecule has 3 aromatic carbocycles. The molecule has 0 aliphatic carbocycles. The lowest BCUT2D eigenvalue weighted by Gasteiger charge is -2.37. The highest BCUT2D eigenvalue weighted by molar-refractivity contribution is 6.00. The van der Waals surface area contributed by atoms with Crippen LogP contribution in [0.2, 0.25) is 0 Å². The van der Waals surface area contributed by atoms with Crippen molar-refractivity contribution in [1.82, 2.24) is 10.2 Å². The fourth-order valence-electron chi connectivity index (χ4n) is 4.24. The van der Waals surface area contributed by atoms with E-state index in [0.717, 1.165) is 10.8 Å². The lowest BCUT2D eigenvalue weighted by atomic mass is 9.99. The lowest BCUT2D eigenvalue weighted by molar-refractivity contribution is -0.143. The van der Waals surface area contributed by atoms with Gasteiger partial charge in [0.05, 0.1) is 0 Å². The Morgan fingerprint density at radius 3 is 2.21 bits per heavy atom. The van der Waals surface area contributed by atoms with Crippen LogP contribution in [0.15, 0.2) is 66.7 Å². The molecule has 0 saturated heterocycles. The summed E-state index contributed by atoms with van der Waals surface area (Å²) in [6.07, 6.45) is 5.43. The van der Waals surface area contributed by atoms with Gasteiger partial charge in [-0.15, -0.1) is 6.42 Å². The van der Waals surface area contributed by atoms with Crippen molar-refractivity contribution in [3.8, 4) is 12.3 Å². The maximum absolute atomic E-state index is 13.9. The number of fused-ring (bicyclic) bond motifs is 1. The highest BCUT2D eigenvalue weighted by Gasteiger charge is 2.37. The second kappa shape index (κ2) is 12.5. The second-order valence-corrected chi connectivity index (χ2v) is 10.6. The quantitative estimate of drug-likeness (QED) is 0.350. The molecule has 0 saturated carbocycles. The van der Waals surface area contributed by atoms with E-state index in [0.29, 0.717) is 23.2 Å². The Hall–Kier alpha value is -4.31. The fraction of sp³-hybridized carbons (Fsp3) is 0.344. The molecule has 3 unspecified atom stereocenters. The molecule has 3 aromatic rings. The molecular weight excluding hydrogens is 490 g/mol. The van der Waals surface area contributed by atoms with Gasteiger partial charge < -0.3 is 20.3 Å². The van der Waals surface area contributed by atoms with Crippen LogP contribution in [0.3, 0.4) is 0 Å². The lowest BCUT2D eigenvalue weighted by Crippen LogP contribution is -2.53. The Morgan fingerprint density at radius 2 is 1.62 bits per heavy atom. The number of hydrogen-bond acceptors (Lipinski definition) is 4. The van der Waals surface area contributed by atoms with E-state index in [2.05, 4.69) is 16.6 Å². The number of hydrogen-bond donors (Lipinski definition) is 2. The van der Waals surface area contributed by atoms with Crippen molar-refractivity contribution in [2.75, 3.05) is 5.32 Å². The zero-order chi connectivity index (χ0) is 28.7. The van der Waals surface area contributed by atoms with Crippen molar-refractivity contribution in [2.45, 2.75) is 71.7 Å². The molecule has 39 heavy (non-hydrogen) atoms. The molecule has 3 amide bonds. The van der Waals surface area contributed by atoms with Crippen molar-refractivity contribution in [3.63, 3.8) is 0 Å². The van der Waals surface area contributed by atoms with Gasteiger partial charge in [0.25, 0.3) is 5.91 Å². The van der Waals surface area contributed by atoms with Crippen molar-refractivity contribution in [3.05, 3.63) is 77.9 Å². The van der Waals surface area contributed by atoms with Crippen LogP contribution in [0, 0.1) is 12.3 Å². The van der Waals surface area contributed by atoms with Gasteiger partial charge in [0, 0.05) is 17.3 Å². The van der Waals surface area contributed by atoms with Gasteiger partial charge in [0.15, 0.2) is 0 Å². The Labute approximate surface area is 230 Å². The van der Waals surface area contributed by atoms with Gasteiger partial charge in [-0.25, -0.2) is 4.79 Å². The zero-order valence-electron chi connectivity index (χ0n) is 23.4. The Balaban J connectivity index is 1.99. The predicted octanol–water partition coefficient (Wildman–Crippen LogP) is 6.04. The number of carbonyl (C=O) groups excluding carboxylic acids is 3. The molecule has 2 N–H and O–H groups in total. The molecule has 0 aromatic heterocycles. The van der Waals surface area contributed by atoms with Gasteiger partial charge in [-0.3, -0.25) is 9.59 Å². The largest absolute Gasteiger partial charge is 0.444 e. The maximum atomic E-state index is 13.9. The smallest absolute Gasteiger partial charge is 0.408 e. The molecule has 0 fully saturated rings. The molecule has 3 rings (SSSR count). The average Bonchev–Trinajstić information content (AvgIpc) is 2.89. The third-order valence-electron chi connectivity index (χ3n) is 6.36. The third-order valence-corrected chi connectivity index (χ3v) is 6.36. The number of terminal acetylenes is 1. The Morgan fingerprint density at radius 1 is 0.974 bits per heavy atom. The molecule has 0 heterocycles. The maximum Gasteiger partial charge on any atom is 0.408 e. The average molecular weight is 528 g/mol. The van der Waals surface area contributed by atoms with Crippen LogP contribution in [-0.4, -0.2) is 40.5 Å². The minimum absolute atomic E-state index is 0.319. The van der Waals surface area contributed by atoms with Gasteiger partial charge in [-0.2, -0.15) is 0 Å². The number of alkyl carbamates (subject to hydrolysis) is 1. The van der Waals surface area contributed by atoms with E-state index in [1.807, 2.05) is 56.3 Å². The molecule has 7 heteroatoms. The second-order valence-electron chi connectivity index (χ2n) is 10.6. The van der Waals surface area contributed by atoms with Crippen LogP contribution in [0.4, 0.5) is 10.5 Å². The molecule has 0 bridgehead atoms.